The Morgan fingerprint density at radius 1 is 1.45 bits per heavy atom. The van der Waals surface area contributed by atoms with Gasteiger partial charge in [-0.1, -0.05) is 13.0 Å². The number of likely N-dealkylation sites (N-methyl/N-ethyl adjacent to an activating group) is 1. The SMILES string of the molecule is CCC(N)Cc1ccc(N(C)CCOCC2CC2)nc1. The maximum atomic E-state index is 5.96. The minimum absolute atomic E-state index is 0.233. The topological polar surface area (TPSA) is 51.4 Å². The predicted octanol–water partition coefficient (Wildman–Crippen LogP) is 2.22. The van der Waals surface area contributed by atoms with Crippen molar-refractivity contribution in [3.63, 3.8) is 0 Å². The zero-order valence-corrected chi connectivity index (χ0v) is 12.7. The van der Waals surface area contributed by atoms with Crippen molar-refractivity contribution in [2.75, 3.05) is 31.7 Å². The van der Waals surface area contributed by atoms with E-state index >= 15 is 0 Å². The van der Waals surface area contributed by atoms with Crippen molar-refractivity contribution in [2.24, 2.45) is 11.7 Å². The van der Waals surface area contributed by atoms with Gasteiger partial charge in [0.25, 0.3) is 0 Å². The lowest BCUT2D eigenvalue weighted by molar-refractivity contribution is 0.131. The molecule has 20 heavy (non-hydrogen) atoms. The summed E-state index contributed by atoms with van der Waals surface area (Å²) in [5.41, 5.74) is 7.17. The Morgan fingerprint density at radius 2 is 2.25 bits per heavy atom. The van der Waals surface area contributed by atoms with Crippen LogP contribution in [-0.4, -0.2) is 37.8 Å². The average Bonchev–Trinajstić information content (AvgIpc) is 3.28. The first kappa shape index (κ1) is 15.3. The molecule has 0 bridgehead atoms. The smallest absolute Gasteiger partial charge is 0.128 e. The molecule has 1 heterocycles. The summed E-state index contributed by atoms with van der Waals surface area (Å²) < 4.78 is 5.65. The molecule has 1 unspecified atom stereocenters. The van der Waals surface area contributed by atoms with Crippen LogP contribution in [0.4, 0.5) is 5.82 Å². The molecule has 1 aromatic heterocycles. The first-order valence-corrected chi connectivity index (χ1v) is 7.68. The lowest BCUT2D eigenvalue weighted by Crippen LogP contribution is -2.24. The summed E-state index contributed by atoms with van der Waals surface area (Å²) in [5, 5.41) is 0. The van der Waals surface area contributed by atoms with Gasteiger partial charge >= 0.3 is 0 Å². The van der Waals surface area contributed by atoms with E-state index in [1.165, 1.54) is 18.4 Å². The molecule has 112 valence electrons. The fourth-order valence-electron chi connectivity index (χ4n) is 2.06. The van der Waals surface area contributed by atoms with Gasteiger partial charge in [-0.2, -0.15) is 0 Å². The number of nitrogens with zero attached hydrogens (tertiary/aromatic N) is 2. The van der Waals surface area contributed by atoms with Gasteiger partial charge in [0.1, 0.15) is 5.82 Å². The second kappa shape index (κ2) is 7.60. The van der Waals surface area contributed by atoms with Crippen molar-refractivity contribution < 1.29 is 4.74 Å². The minimum Gasteiger partial charge on any atom is -0.379 e. The van der Waals surface area contributed by atoms with Crippen LogP contribution in [0.3, 0.4) is 0 Å². The first-order valence-electron chi connectivity index (χ1n) is 7.68. The number of hydrogen-bond donors (Lipinski definition) is 1. The van der Waals surface area contributed by atoms with E-state index < -0.39 is 0 Å². The van der Waals surface area contributed by atoms with E-state index in [0.717, 1.165) is 44.3 Å². The average molecular weight is 277 g/mol. The van der Waals surface area contributed by atoms with E-state index in [1.54, 1.807) is 0 Å². The Balaban J connectivity index is 1.72. The molecular formula is C16H27N3O. The highest BCUT2D eigenvalue weighted by Crippen LogP contribution is 2.28. The molecule has 0 spiro atoms. The maximum absolute atomic E-state index is 5.96. The van der Waals surface area contributed by atoms with Crippen LogP contribution in [0.15, 0.2) is 18.3 Å². The number of ether oxygens (including phenoxy) is 1. The number of nitrogens with two attached hydrogens (primary N) is 1. The van der Waals surface area contributed by atoms with Gasteiger partial charge in [0.15, 0.2) is 0 Å². The van der Waals surface area contributed by atoms with E-state index in [4.69, 9.17) is 10.5 Å². The lowest BCUT2D eigenvalue weighted by Gasteiger charge is -2.18. The normalized spacial score (nSPS) is 16.1. The molecule has 0 aliphatic heterocycles. The number of aromatic nitrogens is 1. The lowest BCUT2D eigenvalue weighted by atomic mass is 10.1. The van der Waals surface area contributed by atoms with Gasteiger partial charge in [0.05, 0.1) is 6.61 Å². The Labute approximate surface area is 122 Å². The van der Waals surface area contributed by atoms with Crippen molar-refractivity contribution in [2.45, 2.75) is 38.6 Å². The highest BCUT2D eigenvalue weighted by Gasteiger charge is 2.20. The number of anilines is 1. The van der Waals surface area contributed by atoms with Crippen molar-refractivity contribution in [1.29, 1.82) is 0 Å². The Kier molecular flexibility index (Phi) is 5.80. The summed E-state index contributed by atoms with van der Waals surface area (Å²) in [6, 6.07) is 4.43. The predicted molar refractivity (Wildman–Crippen MR) is 83.0 cm³/mol. The number of rotatable bonds is 9. The Morgan fingerprint density at radius 3 is 2.85 bits per heavy atom. The fourth-order valence-corrected chi connectivity index (χ4v) is 2.06. The van der Waals surface area contributed by atoms with Crippen molar-refractivity contribution in [3.05, 3.63) is 23.9 Å². The molecule has 2 N–H and O–H groups in total. The van der Waals surface area contributed by atoms with E-state index in [0.29, 0.717) is 0 Å². The van der Waals surface area contributed by atoms with E-state index in [9.17, 15) is 0 Å². The van der Waals surface area contributed by atoms with Crippen LogP contribution in [-0.2, 0) is 11.2 Å². The quantitative estimate of drug-likeness (QED) is 0.703. The highest BCUT2D eigenvalue weighted by molar-refractivity contribution is 5.38. The molecular weight excluding hydrogens is 250 g/mol. The van der Waals surface area contributed by atoms with Gasteiger partial charge in [-0.15, -0.1) is 0 Å². The molecule has 1 aromatic rings. The second-order valence-electron chi connectivity index (χ2n) is 5.84. The summed E-state index contributed by atoms with van der Waals surface area (Å²) in [7, 11) is 2.06. The second-order valence-corrected chi connectivity index (χ2v) is 5.84. The summed E-state index contributed by atoms with van der Waals surface area (Å²) >= 11 is 0. The molecule has 4 heteroatoms. The van der Waals surface area contributed by atoms with Gasteiger partial charge < -0.3 is 15.4 Å². The van der Waals surface area contributed by atoms with Crippen molar-refractivity contribution in [3.8, 4) is 0 Å². The van der Waals surface area contributed by atoms with Crippen LogP contribution < -0.4 is 10.6 Å². The van der Waals surface area contributed by atoms with E-state index in [-0.39, 0.29) is 6.04 Å². The highest BCUT2D eigenvalue weighted by atomic mass is 16.5. The molecule has 1 aliphatic carbocycles. The van der Waals surface area contributed by atoms with Gasteiger partial charge in [-0.25, -0.2) is 4.98 Å². The number of hydrogen-bond acceptors (Lipinski definition) is 4. The van der Waals surface area contributed by atoms with Crippen LogP contribution in [0.2, 0.25) is 0 Å². The van der Waals surface area contributed by atoms with Crippen LogP contribution in [0.25, 0.3) is 0 Å². The van der Waals surface area contributed by atoms with Gasteiger partial charge in [0, 0.05) is 32.4 Å². The molecule has 0 saturated heterocycles. The monoisotopic (exact) mass is 277 g/mol. The van der Waals surface area contributed by atoms with Gasteiger partial charge in [0.2, 0.25) is 0 Å². The standard InChI is InChI=1S/C16H27N3O/c1-3-15(17)10-14-6-7-16(18-11-14)19(2)8-9-20-12-13-4-5-13/h6-7,11,13,15H,3-5,8-10,12,17H2,1-2H3. The zero-order chi connectivity index (χ0) is 14.4. The van der Waals surface area contributed by atoms with Crippen LogP contribution >= 0.6 is 0 Å². The molecule has 1 atom stereocenters. The summed E-state index contributed by atoms with van der Waals surface area (Å²) in [6.07, 6.45) is 6.53. The molecule has 1 aliphatic rings. The molecule has 2 rings (SSSR count). The third kappa shape index (κ3) is 5.10. The van der Waals surface area contributed by atoms with Gasteiger partial charge in [-0.3, -0.25) is 0 Å². The van der Waals surface area contributed by atoms with Crippen LogP contribution in [0.1, 0.15) is 31.7 Å². The molecule has 0 aromatic carbocycles. The molecule has 0 amide bonds. The fraction of sp³-hybridized carbons (Fsp3) is 0.688. The molecule has 1 fully saturated rings. The van der Waals surface area contributed by atoms with E-state index in [2.05, 4.69) is 36.0 Å². The third-order valence-corrected chi connectivity index (χ3v) is 3.84. The summed E-state index contributed by atoms with van der Waals surface area (Å²) in [4.78, 5) is 6.64. The Hall–Kier alpha value is -1.13. The molecule has 4 nitrogen and oxygen atoms in total. The summed E-state index contributed by atoms with van der Waals surface area (Å²) in [5.74, 6) is 1.83. The summed E-state index contributed by atoms with van der Waals surface area (Å²) in [6.45, 7) is 4.70. The minimum atomic E-state index is 0.233. The first-order chi connectivity index (χ1) is 9.69. The molecule has 0 radical (unpaired) electrons. The van der Waals surface area contributed by atoms with Gasteiger partial charge in [-0.05, 0) is 43.2 Å². The Bertz CT molecular complexity index is 389. The third-order valence-electron chi connectivity index (χ3n) is 3.84. The molecule has 1 saturated carbocycles. The van der Waals surface area contributed by atoms with E-state index in [1.807, 2.05) is 6.20 Å². The van der Waals surface area contributed by atoms with Crippen molar-refractivity contribution >= 4 is 5.82 Å². The largest absolute Gasteiger partial charge is 0.379 e. The van der Waals surface area contributed by atoms with Crippen LogP contribution in [0, 0.1) is 5.92 Å². The number of pyridine rings is 1. The maximum Gasteiger partial charge on any atom is 0.128 e. The zero-order valence-electron chi connectivity index (χ0n) is 12.7. The van der Waals surface area contributed by atoms with Crippen molar-refractivity contribution in [1.82, 2.24) is 4.98 Å². The van der Waals surface area contributed by atoms with Crippen LogP contribution in [0.5, 0.6) is 0 Å².